The molecule has 0 aliphatic carbocycles. The maximum absolute atomic E-state index is 6.78. The van der Waals surface area contributed by atoms with Gasteiger partial charge in [-0.1, -0.05) is 133 Å². The van der Waals surface area contributed by atoms with Gasteiger partial charge >= 0.3 is 0 Å². The van der Waals surface area contributed by atoms with Crippen molar-refractivity contribution >= 4 is 65.8 Å². The van der Waals surface area contributed by atoms with Crippen molar-refractivity contribution in [2.45, 2.75) is 0 Å². The Bertz CT molecular complexity index is 3540. The maximum atomic E-state index is 6.78. The fourth-order valence-corrected chi connectivity index (χ4v) is 8.28. The summed E-state index contributed by atoms with van der Waals surface area (Å²) < 4.78 is 19.6. The van der Waals surface area contributed by atoms with Gasteiger partial charge in [0.2, 0.25) is 0 Å². The molecular formula is C51H29N3O3. The lowest BCUT2D eigenvalue weighted by Crippen LogP contribution is -2.00. The quantitative estimate of drug-likeness (QED) is 0.175. The van der Waals surface area contributed by atoms with E-state index in [1.807, 2.05) is 91.0 Å². The van der Waals surface area contributed by atoms with E-state index in [2.05, 4.69) is 84.9 Å². The van der Waals surface area contributed by atoms with Crippen LogP contribution in [-0.2, 0) is 0 Å². The van der Waals surface area contributed by atoms with E-state index in [1.165, 1.54) is 0 Å². The van der Waals surface area contributed by atoms with Crippen LogP contribution in [0.15, 0.2) is 189 Å². The van der Waals surface area contributed by atoms with E-state index in [9.17, 15) is 0 Å². The largest absolute Gasteiger partial charge is 0.456 e. The highest BCUT2D eigenvalue weighted by atomic mass is 16.3. The molecule has 0 aliphatic heterocycles. The van der Waals surface area contributed by atoms with Crippen LogP contribution in [0.3, 0.4) is 0 Å². The Morgan fingerprint density at radius 3 is 1.63 bits per heavy atom. The number of hydrogen-bond acceptors (Lipinski definition) is 6. The highest BCUT2D eigenvalue weighted by molar-refractivity contribution is 6.19. The van der Waals surface area contributed by atoms with Crippen LogP contribution in [0.4, 0.5) is 0 Å². The van der Waals surface area contributed by atoms with E-state index < -0.39 is 0 Å². The van der Waals surface area contributed by atoms with E-state index >= 15 is 0 Å². The molecule has 0 saturated heterocycles. The Kier molecular flexibility index (Phi) is 6.83. The minimum absolute atomic E-state index is 0.502. The highest BCUT2D eigenvalue weighted by Gasteiger charge is 2.23. The fraction of sp³-hybridized carbons (Fsp3) is 0. The molecule has 0 fully saturated rings. The van der Waals surface area contributed by atoms with E-state index in [-0.39, 0.29) is 0 Å². The van der Waals surface area contributed by atoms with Crippen LogP contribution in [0.2, 0.25) is 0 Å². The van der Waals surface area contributed by atoms with Gasteiger partial charge in [-0.3, -0.25) is 0 Å². The van der Waals surface area contributed by atoms with Gasteiger partial charge < -0.3 is 13.3 Å². The predicted octanol–water partition coefficient (Wildman–Crippen LogP) is 13.9. The Morgan fingerprint density at radius 1 is 0.281 bits per heavy atom. The highest BCUT2D eigenvalue weighted by Crippen LogP contribution is 2.45. The summed E-state index contributed by atoms with van der Waals surface area (Å²) in [6.07, 6.45) is 0. The molecule has 0 radical (unpaired) electrons. The Labute approximate surface area is 325 Å². The fourth-order valence-electron chi connectivity index (χ4n) is 8.28. The summed E-state index contributed by atoms with van der Waals surface area (Å²) in [7, 11) is 0. The lowest BCUT2D eigenvalue weighted by atomic mass is 9.95. The lowest BCUT2D eigenvalue weighted by molar-refractivity contribution is 0.668. The number of fused-ring (bicyclic) bond motifs is 9. The van der Waals surface area contributed by atoms with Crippen LogP contribution in [0.1, 0.15) is 0 Å². The summed E-state index contributed by atoms with van der Waals surface area (Å²) in [6.45, 7) is 0. The van der Waals surface area contributed by atoms with Gasteiger partial charge in [0, 0.05) is 49.0 Å². The molecule has 8 aromatic carbocycles. The molecule has 0 bridgehead atoms. The van der Waals surface area contributed by atoms with Crippen molar-refractivity contribution in [3.05, 3.63) is 176 Å². The van der Waals surface area contributed by atoms with Gasteiger partial charge in [-0.25, -0.2) is 15.0 Å². The van der Waals surface area contributed by atoms with Crippen molar-refractivity contribution in [1.29, 1.82) is 0 Å². The molecule has 0 spiro atoms. The molecule has 0 N–H and O–H groups in total. The summed E-state index contributed by atoms with van der Waals surface area (Å²) in [4.78, 5) is 15.5. The molecule has 6 nitrogen and oxygen atoms in total. The van der Waals surface area contributed by atoms with Crippen LogP contribution >= 0.6 is 0 Å². The third-order valence-electron chi connectivity index (χ3n) is 11.0. The van der Waals surface area contributed by atoms with Crippen LogP contribution in [-0.4, -0.2) is 15.0 Å². The van der Waals surface area contributed by atoms with Crippen LogP contribution < -0.4 is 0 Å². The first kappa shape index (κ1) is 31.5. The second-order valence-corrected chi connectivity index (χ2v) is 14.3. The van der Waals surface area contributed by atoms with E-state index in [0.717, 1.165) is 99.2 Å². The molecule has 4 heterocycles. The van der Waals surface area contributed by atoms with Crippen LogP contribution in [0.25, 0.3) is 122 Å². The topological polar surface area (TPSA) is 78.1 Å². The maximum Gasteiger partial charge on any atom is 0.167 e. The Hall–Kier alpha value is -7.83. The summed E-state index contributed by atoms with van der Waals surface area (Å²) in [5.41, 5.74) is 11.4. The molecule has 6 heteroatoms. The first-order valence-electron chi connectivity index (χ1n) is 18.9. The zero-order valence-corrected chi connectivity index (χ0v) is 30.3. The van der Waals surface area contributed by atoms with Crippen molar-refractivity contribution in [3.8, 4) is 56.4 Å². The first-order valence-corrected chi connectivity index (χ1v) is 18.9. The minimum Gasteiger partial charge on any atom is -0.456 e. The minimum atomic E-state index is 0.502. The number of benzene rings is 8. The van der Waals surface area contributed by atoms with Gasteiger partial charge in [0.25, 0.3) is 0 Å². The van der Waals surface area contributed by atoms with Crippen molar-refractivity contribution < 1.29 is 13.3 Å². The molecule has 0 aliphatic rings. The standard InChI is InChI=1S/C51H29N3O3/c1-2-12-30(13-3-1)31-14-10-15-32(28-31)49-52-50(33-24-25-36-34-16-4-7-21-42(34)55-45(36)29-33)54-51(53-49)41-27-26-37(46-40-18-6-9-23-44(40)57-48(41)46)39-20-11-19-38-35-17-5-8-22-43(35)56-47(38)39/h1-29H. The molecule has 57 heavy (non-hydrogen) atoms. The number of para-hydroxylation sites is 4. The summed E-state index contributed by atoms with van der Waals surface area (Å²) >= 11 is 0. The van der Waals surface area contributed by atoms with E-state index in [0.29, 0.717) is 23.1 Å². The first-order chi connectivity index (χ1) is 28.2. The van der Waals surface area contributed by atoms with Gasteiger partial charge in [-0.05, 0) is 59.2 Å². The van der Waals surface area contributed by atoms with Crippen molar-refractivity contribution in [2.75, 3.05) is 0 Å². The summed E-state index contributed by atoms with van der Waals surface area (Å²) in [5.74, 6) is 1.59. The van der Waals surface area contributed by atoms with Gasteiger partial charge in [-0.2, -0.15) is 0 Å². The molecule has 0 saturated carbocycles. The number of hydrogen-bond donors (Lipinski definition) is 0. The van der Waals surface area contributed by atoms with Crippen molar-refractivity contribution in [2.24, 2.45) is 0 Å². The van der Waals surface area contributed by atoms with Gasteiger partial charge in [0.15, 0.2) is 17.5 Å². The number of furan rings is 3. The smallest absolute Gasteiger partial charge is 0.167 e. The normalized spacial score (nSPS) is 11.9. The summed E-state index contributed by atoms with van der Waals surface area (Å²) in [6, 6.07) is 59.8. The molecular weight excluding hydrogens is 703 g/mol. The lowest BCUT2D eigenvalue weighted by Gasteiger charge is -2.11. The molecule has 0 amide bonds. The monoisotopic (exact) mass is 731 g/mol. The second-order valence-electron chi connectivity index (χ2n) is 14.3. The number of aromatic nitrogens is 3. The Balaban J connectivity index is 1.10. The zero-order chi connectivity index (χ0) is 37.5. The molecule has 12 rings (SSSR count). The van der Waals surface area contributed by atoms with Crippen LogP contribution in [0, 0.1) is 0 Å². The average Bonchev–Trinajstić information content (AvgIpc) is 3.98. The molecule has 0 atom stereocenters. The molecule has 266 valence electrons. The second kappa shape index (κ2) is 12.3. The van der Waals surface area contributed by atoms with Crippen molar-refractivity contribution in [3.63, 3.8) is 0 Å². The number of nitrogens with zero attached hydrogens (tertiary/aromatic N) is 3. The van der Waals surface area contributed by atoms with Crippen LogP contribution in [0.5, 0.6) is 0 Å². The van der Waals surface area contributed by atoms with E-state index in [4.69, 9.17) is 28.2 Å². The summed E-state index contributed by atoms with van der Waals surface area (Å²) in [5, 5.41) is 6.23. The van der Waals surface area contributed by atoms with E-state index in [1.54, 1.807) is 0 Å². The number of rotatable bonds is 5. The van der Waals surface area contributed by atoms with Gasteiger partial charge in [0.05, 0.1) is 5.56 Å². The Morgan fingerprint density at radius 2 is 0.825 bits per heavy atom. The third kappa shape index (κ3) is 5.01. The molecule has 0 unspecified atom stereocenters. The predicted molar refractivity (Wildman–Crippen MR) is 229 cm³/mol. The molecule has 4 aromatic heterocycles. The average molecular weight is 732 g/mol. The van der Waals surface area contributed by atoms with Crippen molar-refractivity contribution in [1.82, 2.24) is 15.0 Å². The molecule has 12 aromatic rings. The SMILES string of the molecule is c1ccc(-c2cccc(-c3nc(-c4ccc5c(c4)oc4ccccc45)nc(-c4ccc(-c5cccc6c5oc5ccccc56)c5c4oc4ccccc45)n3)c2)cc1. The zero-order valence-electron chi connectivity index (χ0n) is 30.3. The van der Waals surface area contributed by atoms with Gasteiger partial charge in [0.1, 0.15) is 33.5 Å². The van der Waals surface area contributed by atoms with Gasteiger partial charge in [-0.15, -0.1) is 0 Å². The third-order valence-corrected chi connectivity index (χ3v) is 11.0.